The maximum Gasteiger partial charge on any atom is 0.253 e. The Morgan fingerprint density at radius 3 is 2.52 bits per heavy atom. The standard InChI is InChI=1S/C24H28N2O3/c27-21-10-4-9-20(16-21)23(29)25-14-11-24(12-15-25)17-22(28)26(18-24)13-5-8-19-6-2-1-3-7-19/h1-4,6-7,9-10,16,27H,5,8,11-15,17-18H2. The summed E-state index contributed by atoms with van der Waals surface area (Å²) in [6, 6.07) is 16.9. The van der Waals surface area contributed by atoms with Crippen LogP contribution in [0.5, 0.6) is 5.75 Å². The fourth-order valence-electron chi connectivity index (χ4n) is 4.64. The molecule has 1 spiro atoms. The minimum absolute atomic E-state index is 0.0133. The van der Waals surface area contributed by atoms with Gasteiger partial charge < -0.3 is 14.9 Å². The molecule has 0 unspecified atom stereocenters. The van der Waals surface area contributed by atoms with E-state index >= 15 is 0 Å². The molecule has 0 aromatic heterocycles. The fourth-order valence-corrected chi connectivity index (χ4v) is 4.64. The Kier molecular flexibility index (Phi) is 5.56. The average Bonchev–Trinajstić information content (AvgIpc) is 3.03. The van der Waals surface area contributed by atoms with E-state index in [0.29, 0.717) is 25.1 Å². The number of carbonyl (C=O) groups is 2. The number of amides is 2. The number of phenols is 1. The summed E-state index contributed by atoms with van der Waals surface area (Å²) in [6.07, 6.45) is 4.29. The van der Waals surface area contributed by atoms with Gasteiger partial charge in [0.2, 0.25) is 5.91 Å². The molecule has 2 aromatic rings. The van der Waals surface area contributed by atoms with Gasteiger partial charge >= 0.3 is 0 Å². The Balaban J connectivity index is 1.29. The van der Waals surface area contributed by atoms with E-state index in [-0.39, 0.29) is 23.0 Å². The molecule has 29 heavy (non-hydrogen) atoms. The summed E-state index contributed by atoms with van der Waals surface area (Å²) < 4.78 is 0. The highest BCUT2D eigenvalue weighted by atomic mass is 16.3. The Morgan fingerprint density at radius 1 is 1.03 bits per heavy atom. The van der Waals surface area contributed by atoms with Gasteiger partial charge in [0.1, 0.15) is 5.75 Å². The maximum atomic E-state index is 12.7. The summed E-state index contributed by atoms with van der Waals surface area (Å²) in [5.41, 5.74) is 1.85. The van der Waals surface area contributed by atoms with E-state index in [2.05, 4.69) is 24.3 Å². The highest BCUT2D eigenvalue weighted by molar-refractivity contribution is 5.94. The number of carbonyl (C=O) groups excluding carboxylic acids is 2. The second kappa shape index (κ2) is 8.27. The van der Waals surface area contributed by atoms with Gasteiger partial charge in [0.25, 0.3) is 5.91 Å². The molecule has 2 amide bonds. The van der Waals surface area contributed by atoms with Crippen LogP contribution in [0, 0.1) is 5.41 Å². The second-order valence-corrected chi connectivity index (χ2v) is 8.42. The number of piperidine rings is 1. The van der Waals surface area contributed by atoms with Crippen molar-refractivity contribution >= 4 is 11.8 Å². The SMILES string of the molecule is O=C1CC2(CCN(C(=O)c3cccc(O)c3)CC2)CN1CCCc1ccccc1. The highest BCUT2D eigenvalue weighted by Gasteiger charge is 2.45. The molecule has 152 valence electrons. The lowest BCUT2D eigenvalue weighted by Gasteiger charge is -2.38. The summed E-state index contributed by atoms with van der Waals surface area (Å²) in [4.78, 5) is 29.2. The van der Waals surface area contributed by atoms with Crippen molar-refractivity contribution in [2.24, 2.45) is 5.41 Å². The molecule has 1 N–H and O–H groups in total. The monoisotopic (exact) mass is 392 g/mol. The van der Waals surface area contributed by atoms with E-state index in [0.717, 1.165) is 38.8 Å². The van der Waals surface area contributed by atoms with Crippen molar-refractivity contribution in [1.29, 1.82) is 0 Å². The Bertz CT molecular complexity index is 873. The topological polar surface area (TPSA) is 60.9 Å². The fraction of sp³-hybridized carbons (Fsp3) is 0.417. The van der Waals surface area contributed by atoms with E-state index in [4.69, 9.17) is 0 Å². The molecule has 0 radical (unpaired) electrons. The number of hydrogen-bond acceptors (Lipinski definition) is 3. The predicted molar refractivity (Wildman–Crippen MR) is 112 cm³/mol. The molecule has 0 aliphatic carbocycles. The molecule has 2 aromatic carbocycles. The van der Waals surface area contributed by atoms with Crippen LogP contribution in [-0.4, -0.2) is 52.9 Å². The van der Waals surface area contributed by atoms with Gasteiger partial charge in [-0.2, -0.15) is 0 Å². The van der Waals surface area contributed by atoms with Crippen LogP contribution in [0.4, 0.5) is 0 Å². The number of rotatable bonds is 5. The van der Waals surface area contributed by atoms with Gasteiger partial charge in [-0.25, -0.2) is 0 Å². The number of aromatic hydroxyl groups is 1. The minimum Gasteiger partial charge on any atom is -0.508 e. The molecule has 2 saturated heterocycles. The minimum atomic E-state index is -0.0419. The van der Waals surface area contributed by atoms with Gasteiger partial charge in [0.05, 0.1) is 0 Å². The van der Waals surface area contributed by atoms with E-state index in [1.165, 1.54) is 11.6 Å². The third-order valence-corrected chi connectivity index (χ3v) is 6.35. The van der Waals surface area contributed by atoms with Crippen LogP contribution in [0.25, 0.3) is 0 Å². The number of benzene rings is 2. The molecule has 0 atom stereocenters. The molecule has 2 aliphatic rings. The zero-order valence-electron chi connectivity index (χ0n) is 16.7. The maximum absolute atomic E-state index is 12.7. The predicted octanol–water partition coefficient (Wildman–Crippen LogP) is 3.48. The zero-order chi connectivity index (χ0) is 20.3. The lowest BCUT2D eigenvalue weighted by molar-refractivity contribution is -0.127. The van der Waals surface area contributed by atoms with Crippen LogP contribution in [0.15, 0.2) is 54.6 Å². The lowest BCUT2D eigenvalue weighted by Crippen LogP contribution is -2.44. The number of hydrogen-bond donors (Lipinski definition) is 1. The molecular weight excluding hydrogens is 364 g/mol. The van der Waals surface area contributed by atoms with Crippen molar-refractivity contribution in [2.45, 2.75) is 32.1 Å². The molecule has 2 heterocycles. The first-order chi connectivity index (χ1) is 14.0. The Labute approximate surface area is 171 Å². The van der Waals surface area contributed by atoms with Gasteiger partial charge in [-0.3, -0.25) is 9.59 Å². The molecule has 5 heteroatoms. The van der Waals surface area contributed by atoms with Gasteiger partial charge in [-0.05, 0) is 49.4 Å². The number of aryl methyl sites for hydroxylation is 1. The first kappa shape index (κ1) is 19.5. The van der Waals surface area contributed by atoms with Gasteiger partial charge in [-0.15, -0.1) is 0 Å². The van der Waals surface area contributed by atoms with Gasteiger partial charge in [-0.1, -0.05) is 36.4 Å². The zero-order valence-corrected chi connectivity index (χ0v) is 16.7. The molecule has 4 rings (SSSR count). The van der Waals surface area contributed by atoms with Gasteiger partial charge in [0.15, 0.2) is 0 Å². The van der Waals surface area contributed by atoms with Crippen LogP contribution in [0.1, 0.15) is 41.6 Å². The van der Waals surface area contributed by atoms with E-state index in [1.54, 1.807) is 18.2 Å². The Hall–Kier alpha value is -2.82. The van der Waals surface area contributed by atoms with E-state index in [9.17, 15) is 14.7 Å². The van der Waals surface area contributed by atoms with Crippen LogP contribution >= 0.6 is 0 Å². The Morgan fingerprint density at radius 2 is 1.79 bits per heavy atom. The summed E-state index contributed by atoms with van der Waals surface area (Å²) in [5.74, 6) is 0.322. The normalized spacial score (nSPS) is 18.4. The first-order valence-corrected chi connectivity index (χ1v) is 10.4. The molecule has 5 nitrogen and oxygen atoms in total. The number of phenolic OH excluding ortho intramolecular Hbond substituents is 1. The third-order valence-electron chi connectivity index (χ3n) is 6.35. The van der Waals surface area contributed by atoms with Crippen molar-refractivity contribution in [2.75, 3.05) is 26.2 Å². The molecule has 0 saturated carbocycles. The van der Waals surface area contributed by atoms with Crippen molar-refractivity contribution in [3.8, 4) is 5.75 Å². The van der Waals surface area contributed by atoms with Crippen LogP contribution < -0.4 is 0 Å². The number of nitrogens with zero attached hydrogens (tertiary/aromatic N) is 2. The van der Waals surface area contributed by atoms with Crippen molar-refractivity contribution in [3.63, 3.8) is 0 Å². The van der Waals surface area contributed by atoms with Gasteiger partial charge in [0, 0.05) is 43.6 Å². The summed E-state index contributed by atoms with van der Waals surface area (Å²) in [6.45, 7) is 2.95. The largest absolute Gasteiger partial charge is 0.508 e. The quantitative estimate of drug-likeness (QED) is 0.847. The van der Waals surface area contributed by atoms with Crippen molar-refractivity contribution < 1.29 is 14.7 Å². The smallest absolute Gasteiger partial charge is 0.253 e. The number of likely N-dealkylation sites (tertiary alicyclic amines) is 2. The summed E-state index contributed by atoms with van der Waals surface area (Å²) in [5, 5.41) is 9.62. The average molecular weight is 392 g/mol. The van der Waals surface area contributed by atoms with Crippen LogP contribution in [-0.2, 0) is 11.2 Å². The van der Waals surface area contributed by atoms with E-state index < -0.39 is 0 Å². The first-order valence-electron chi connectivity index (χ1n) is 10.4. The molecule has 2 fully saturated rings. The summed E-state index contributed by atoms with van der Waals surface area (Å²) >= 11 is 0. The molecule has 2 aliphatic heterocycles. The molecular formula is C24H28N2O3. The van der Waals surface area contributed by atoms with E-state index in [1.807, 2.05) is 15.9 Å². The molecule has 0 bridgehead atoms. The third kappa shape index (κ3) is 4.44. The van der Waals surface area contributed by atoms with Crippen LogP contribution in [0.3, 0.4) is 0 Å². The van der Waals surface area contributed by atoms with Crippen molar-refractivity contribution in [1.82, 2.24) is 9.80 Å². The highest BCUT2D eigenvalue weighted by Crippen LogP contribution is 2.41. The summed E-state index contributed by atoms with van der Waals surface area (Å²) in [7, 11) is 0. The lowest BCUT2D eigenvalue weighted by atomic mass is 9.77. The second-order valence-electron chi connectivity index (χ2n) is 8.42. The van der Waals surface area contributed by atoms with Crippen molar-refractivity contribution in [3.05, 3.63) is 65.7 Å². The van der Waals surface area contributed by atoms with Crippen LogP contribution in [0.2, 0.25) is 0 Å².